The van der Waals surface area contributed by atoms with Crippen LogP contribution in [0.4, 0.5) is 4.39 Å². The summed E-state index contributed by atoms with van der Waals surface area (Å²) in [6.07, 6.45) is 0.569. The molecule has 0 aliphatic carbocycles. The molecule has 0 saturated heterocycles. The lowest BCUT2D eigenvalue weighted by atomic mass is 9.98. The summed E-state index contributed by atoms with van der Waals surface area (Å²) in [6, 6.07) is 4.36. The number of carbonyl (C=O) groups excluding carboxylic acids is 1. The highest BCUT2D eigenvalue weighted by molar-refractivity contribution is 5.86. The fraction of sp³-hybridized carbons (Fsp3) is 0.357. The van der Waals surface area contributed by atoms with Crippen molar-refractivity contribution < 1.29 is 13.9 Å². The summed E-state index contributed by atoms with van der Waals surface area (Å²) in [5.41, 5.74) is 2.87. The van der Waals surface area contributed by atoms with Crippen LogP contribution in [0.3, 0.4) is 0 Å². The van der Waals surface area contributed by atoms with Gasteiger partial charge in [-0.1, -0.05) is 0 Å². The van der Waals surface area contributed by atoms with E-state index in [1.807, 2.05) is 0 Å². The summed E-state index contributed by atoms with van der Waals surface area (Å²) in [5, 5.41) is 4.11. The number of rotatable bonds is 2. The number of aromatic amines is 1. The lowest BCUT2D eigenvalue weighted by Crippen LogP contribution is -2.42. The van der Waals surface area contributed by atoms with Gasteiger partial charge in [0.05, 0.1) is 6.61 Å². The van der Waals surface area contributed by atoms with Gasteiger partial charge in [0.1, 0.15) is 11.9 Å². The Morgan fingerprint density at radius 2 is 2.37 bits per heavy atom. The number of halogens is 1. The van der Waals surface area contributed by atoms with Crippen molar-refractivity contribution in [3.05, 3.63) is 35.3 Å². The average molecular weight is 262 g/mol. The first-order valence-electron chi connectivity index (χ1n) is 6.38. The van der Waals surface area contributed by atoms with Crippen LogP contribution in [0, 0.1) is 5.82 Å². The second-order valence-corrected chi connectivity index (χ2v) is 4.66. The van der Waals surface area contributed by atoms with Crippen LogP contribution in [0.25, 0.3) is 10.9 Å². The maximum absolute atomic E-state index is 13.2. The Morgan fingerprint density at radius 1 is 1.53 bits per heavy atom. The van der Waals surface area contributed by atoms with Gasteiger partial charge in [0.15, 0.2) is 0 Å². The quantitative estimate of drug-likeness (QED) is 0.813. The van der Waals surface area contributed by atoms with Crippen LogP contribution in [0.15, 0.2) is 18.2 Å². The Hall–Kier alpha value is -1.88. The molecule has 0 amide bonds. The van der Waals surface area contributed by atoms with E-state index < -0.39 is 0 Å². The largest absolute Gasteiger partial charge is 0.465 e. The molecular weight excluding hydrogens is 247 g/mol. The van der Waals surface area contributed by atoms with Crippen LogP contribution in [-0.4, -0.2) is 23.6 Å². The van der Waals surface area contributed by atoms with E-state index in [1.165, 1.54) is 12.1 Å². The number of ether oxygens (including phenoxy) is 1. The predicted octanol–water partition coefficient (Wildman–Crippen LogP) is 1.88. The third-order valence-corrected chi connectivity index (χ3v) is 3.46. The molecule has 5 heteroatoms. The summed E-state index contributed by atoms with van der Waals surface area (Å²) < 4.78 is 18.2. The average Bonchev–Trinajstić information content (AvgIpc) is 2.75. The number of hydrogen-bond donors (Lipinski definition) is 2. The summed E-state index contributed by atoms with van der Waals surface area (Å²) in [4.78, 5) is 15.0. The van der Waals surface area contributed by atoms with Crippen LogP contribution in [0.5, 0.6) is 0 Å². The van der Waals surface area contributed by atoms with Gasteiger partial charge in [-0.2, -0.15) is 0 Å². The van der Waals surface area contributed by atoms with E-state index in [9.17, 15) is 9.18 Å². The molecule has 2 N–H and O–H groups in total. The number of fused-ring (bicyclic) bond motifs is 3. The Labute approximate surface area is 109 Å². The first-order chi connectivity index (χ1) is 9.19. The van der Waals surface area contributed by atoms with Gasteiger partial charge in [0, 0.05) is 29.6 Å². The molecule has 1 unspecified atom stereocenters. The van der Waals surface area contributed by atoms with Crippen molar-refractivity contribution in [3.63, 3.8) is 0 Å². The minimum atomic E-state index is -0.323. The van der Waals surface area contributed by atoms with Gasteiger partial charge in [-0.25, -0.2) is 4.39 Å². The number of hydrogen-bond acceptors (Lipinski definition) is 3. The number of aromatic nitrogens is 1. The molecule has 2 heterocycles. The minimum Gasteiger partial charge on any atom is -0.465 e. The van der Waals surface area contributed by atoms with Crippen molar-refractivity contribution in [2.24, 2.45) is 0 Å². The zero-order chi connectivity index (χ0) is 13.4. The van der Waals surface area contributed by atoms with E-state index in [2.05, 4.69) is 10.3 Å². The Balaban J connectivity index is 1.95. The van der Waals surface area contributed by atoms with E-state index in [1.54, 1.807) is 13.0 Å². The molecule has 1 aliphatic heterocycles. The molecule has 1 atom stereocenters. The predicted molar refractivity (Wildman–Crippen MR) is 69.2 cm³/mol. The molecule has 2 aromatic rings. The third kappa shape index (κ3) is 2.10. The number of benzene rings is 1. The maximum atomic E-state index is 13.2. The summed E-state index contributed by atoms with van der Waals surface area (Å²) in [6.45, 7) is 2.73. The van der Waals surface area contributed by atoms with Gasteiger partial charge in [0.25, 0.3) is 0 Å². The molecule has 1 aromatic carbocycles. The molecule has 19 heavy (non-hydrogen) atoms. The zero-order valence-corrected chi connectivity index (χ0v) is 10.6. The number of H-pyrrole nitrogens is 1. The second-order valence-electron chi connectivity index (χ2n) is 4.66. The Bertz CT molecular complexity index is 636. The van der Waals surface area contributed by atoms with E-state index in [4.69, 9.17) is 4.74 Å². The van der Waals surface area contributed by atoms with E-state index in [-0.39, 0.29) is 17.8 Å². The van der Waals surface area contributed by atoms with Gasteiger partial charge in [-0.05, 0) is 30.7 Å². The Kier molecular flexibility index (Phi) is 2.98. The lowest BCUT2D eigenvalue weighted by Gasteiger charge is -2.22. The van der Waals surface area contributed by atoms with E-state index >= 15 is 0 Å². The number of carbonyl (C=O) groups is 1. The fourth-order valence-corrected chi connectivity index (χ4v) is 2.58. The molecule has 3 rings (SSSR count). The topological polar surface area (TPSA) is 54.1 Å². The first kappa shape index (κ1) is 12.2. The lowest BCUT2D eigenvalue weighted by molar-refractivity contribution is -0.145. The molecule has 4 nitrogen and oxygen atoms in total. The van der Waals surface area contributed by atoms with Crippen molar-refractivity contribution in [3.8, 4) is 0 Å². The molecule has 0 radical (unpaired) electrons. The van der Waals surface area contributed by atoms with Crippen LogP contribution < -0.4 is 5.32 Å². The van der Waals surface area contributed by atoms with Gasteiger partial charge in [0.2, 0.25) is 0 Å². The van der Waals surface area contributed by atoms with Gasteiger partial charge >= 0.3 is 5.97 Å². The highest BCUT2D eigenvalue weighted by Crippen LogP contribution is 2.27. The number of nitrogens with one attached hydrogen (secondary N) is 2. The van der Waals surface area contributed by atoms with Crippen molar-refractivity contribution in [1.29, 1.82) is 0 Å². The SMILES string of the molecule is CCOC(=O)C1Cc2c([nH]c3cc(F)ccc23)CN1. The van der Waals surface area contributed by atoms with Gasteiger partial charge in [-0.3, -0.25) is 10.1 Å². The number of esters is 1. The Morgan fingerprint density at radius 3 is 3.16 bits per heavy atom. The minimum absolute atomic E-state index is 0.232. The molecule has 1 aromatic heterocycles. The molecule has 0 bridgehead atoms. The van der Waals surface area contributed by atoms with Gasteiger partial charge < -0.3 is 9.72 Å². The fourth-order valence-electron chi connectivity index (χ4n) is 2.58. The highest BCUT2D eigenvalue weighted by atomic mass is 19.1. The van der Waals surface area contributed by atoms with Crippen LogP contribution in [0.1, 0.15) is 18.2 Å². The third-order valence-electron chi connectivity index (χ3n) is 3.46. The smallest absolute Gasteiger partial charge is 0.323 e. The van der Waals surface area contributed by atoms with E-state index in [0.29, 0.717) is 19.6 Å². The molecule has 0 saturated carbocycles. The standard InChI is InChI=1S/C14H15FN2O2/c1-2-19-14(18)12-6-10-9-4-3-8(15)5-11(9)17-13(10)7-16-12/h3-5,12,16-17H,2,6-7H2,1H3. The second kappa shape index (κ2) is 4.66. The van der Waals surface area contributed by atoms with Crippen molar-refractivity contribution >= 4 is 16.9 Å². The van der Waals surface area contributed by atoms with Crippen LogP contribution in [0.2, 0.25) is 0 Å². The maximum Gasteiger partial charge on any atom is 0.323 e. The van der Waals surface area contributed by atoms with Crippen LogP contribution >= 0.6 is 0 Å². The molecule has 0 spiro atoms. The van der Waals surface area contributed by atoms with Crippen LogP contribution in [-0.2, 0) is 22.5 Å². The van der Waals surface area contributed by atoms with Crippen molar-refractivity contribution in [2.75, 3.05) is 6.61 Å². The summed E-state index contributed by atoms with van der Waals surface area (Å²) in [5.74, 6) is -0.495. The molecular formula is C14H15FN2O2. The highest BCUT2D eigenvalue weighted by Gasteiger charge is 2.27. The monoisotopic (exact) mass is 262 g/mol. The van der Waals surface area contributed by atoms with Crippen molar-refractivity contribution in [1.82, 2.24) is 10.3 Å². The molecule has 0 fully saturated rings. The first-order valence-corrected chi connectivity index (χ1v) is 6.38. The van der Waals surface area contributed by atoms with E-state index in [0.717, 1.165) is 22.2 Å². The summed E-state index contributed by atoms with van der Waals surface area (Å²) in [7, 11) is 0. The molecule has 100 valence electrons. The normalized spacial score (nSPS) is 18.3. The summed E-state index contributed by atoms with van der Waals surface area (Å²) >= 11 is 0. The van der Waals surface area contributed by atoms with Crippen molar-refractivity contribution in [2.45, 2.75) is 25.9 Å². The zero-order valence-electron chi connectivity index (χ0n) is 10.6. The molecule has 1 aliphatic rings. The van der Waals surface area contributed by atoms with Gasteiger partial charge in [-0.15, -0.1) is 0 Å².